The average molecular weight is 383 g/mol. The summed E-state index contributed by atoms with van der Waals surface area (Å²) in [6.45, 7) is 0.684. The summed E-state index contributed by atoms with van der Waals surface area (Å²) in [6, 6.07) is 22.2. The average Bonchev–Trinajstić information content (AvgIpc) is 3.28. The van der Waals surface area contributed by atoms with Gasteiger partial charge in [-0.05, 0) is 47.4 Å². The molecule has 1 aliphatic heterocycles. The SMILES string of the molecule is COc1ccc2c(c1)N(C(=O)c1cc(-c3ccc4ccccc4c3)n[nH]1)CCC2. The van der Waals surface area contributed by atoms with Gasteiger partial charge in [0.15, 0.2) is 0 Å². The Kier molecular flexibility index (Phi) is 4.28. The number of aryl methyl sites for hydroxylation is 1. The van der Waals surface area contributed by atoms with Gasteiger partial charge in [-0.15, -0.1) is 0 Å². The van der Waals surface area contributed by atoms with Crippen molar-refractivity contribution in [1.82, 2.24) is 10.2 Å². The molecule has 144 valence electrons. The number of methoxy groups -OCH3 is 1. The monoisotopic (exact) mass is 383 g/mol. The number of aromatic amines is 1. The molecule has 0 atom stereocenters. The van der Waals surface area contributed by atoms with Crippen LogP contribution >= 0.6 is 0 Å². The molecule has 0 aliphatic carbocycles. The Labute approximate surface area is 168 Å². The number of nitrogens with one attached hydrogen (secondary N) is 1. The Morgan fingerprint density at radius 3 is 2.76 bits per heavy atom. The third kappa shape index (κ3) is 3.14. The predicted molar refractivity (Wildman–Crippen MR) is 115 cm³/mol. The number of fused-ring (bicyclic) bond motifs is 2. The number of hydrogen-bond acceptors (Lipinski definition) is 3. The Balaban J connectivity index is 1.47. The van der Waals surface area contributed by atoms with Gasteiger partial charge in [0.1, 0.15) is 11.4 Å². The zero-order valence-electron chi connectivity index (χ0n) is 16.2. The molecule has 1 aromatic heterocycles. The van der Waals surface area contributed by atoms with Crippen LogP contribution in [-0.4, -0.2) is 29.8 Å². The third-order valence-electron chi connectivity index (χ3n) is 5.51. The Bertz CT molecular complexity index is 1210. The van der Waals surface area contributed by atoms with E-state index in [1.807, 2.05) is 47.4 Å². The first-order chi connectivity index (χ1) is 14.2. The minimum atomic E-state index is -0.0706. The lowest BCUT2D eigenvalue weighted by atomic mass is 10.0. The summed E-state index contributed by atoms with van der Waals surface area (Å²) in [5.74, 6) is 0.684. The van der Waals surface area contributed by atoms with E-state index in [9.17, 15) is 4.79 Å². The standard InChI is InChI=1S/C24H21N3O2/c1-29-20-11-10-17-7-4-12-27(23(17)14-20)24(28)22-15-21(25-26-22)19-9-8-16-5-2-3-6-18(16)13-19/h2-3,5-6,8-11,13-15H,4,7,12H2,1H3,(H,25,26). The molecule has 5 rings (SSSR count). The van der Waals surface area contributed by atoms with Gasteiger partial charge in [-0.25, -0.2) is 0 Å². The third-order valence-corrected chi connectivity index (χ3v) is 5.51. The van der Waals surface area contributed by atoms with E-state index < -0.39 is 0 Å². The van der Waals surface area contributed by atoms with Crippen molar-refractivity contribution in [2.45, 2.75) is 12.8 Å². The number of H-pyrrole nitrogens is 1. The minimum absolute atomic E-state index is 0.0706. The van der Waals surface area contributed by atoms with E-state index in [4.69, 9.17) is 4.74 Å². The summed E-state index contributed by atoms with van der Waals surface area (Å²) in [5.41, 5.74) is 4.33. The van der Waals surface area contributed by atoms with E-state index in [2.05, 4.69) is 34.5 Å². The second kappa shape index (κ2) is 7.09. The number of carbonyl (C=O) groups excluding carboxylic acids is 1. The van der Waals surface area contributed by atoms with Crippen LogP contribution in [0.2, 0.25) is 0 Å². The topological polar surface area (TPSA) is 58.2 Å². The number of amides is 1. The fourth-order valence-electron chi connectivity index (χ4n) is 3.97. The predicted octanol–water partition coefficient (Wildman–Crippen LogP) is 4.83. The molecule has 1 amide bonds. The highest BCUT2D eigenvalue weighted by Crippen LogP contribution is 2.32. The zero-order valence-corrected chi connectivity index (χ0v) is 16.2. The highest BCUT2D eigenvalue weighted by molar-refractivity contribution is 6.06. The van der Waals surface area contributed by atoms with E-state index in [0.717, 1.165) is 40.9 Å². The highest BCUT2D eigenvalue weighted by atomic mass is 16.5. The van der Waals surface area contributed by atoms with Gasteiger partial charge in [-0.3, -0.25) is 9.89 Å². The van der Waals surface area contributed by atoms with Crippen LogP contribution in [-0.2, 0) is 6.42 Å². The molecule has 29 heavy (non-hydrogen) atoms. The molecular formula is C24H21N3O2. The Hall–Kier alpha value is -3.60. The van der Waals surface area contributed by atoms with E-state index in [-0.39, 0.29) is 5.91 Å². The molecule has 5 nitrogen and oxygen atoms in total. The van der Waals surface area contributed by atoms with Crippen LogP contribution < -0.4 is 9.64 Å². The fourth-order valence-corrected chi connectivity index (χ4v) is 3.97. The van der Waals surface area contributed by atoms with E-state index in [1.54, 1.807) is 7.11 Å². The van der Waals surface area contributed by atoms with Crippen molar-refractivity contribution < 1.29 is 9.53 Å². The van der Waals surface area contributed by atoms with Gasteiger partial charge in [0, 0.05) is 18.2 Å². The quantitative estimate of drug-likeness (QED) is 0.551. The van der Waals surface area contributed by atoms with Crippen molar-refractivity contribution in [2.75, 3.05) is 18.6 Å². The van der Waals surface area contributed by atoms with Crippen molar-refractivity contribution in [2.24, 2.45) is 0 Å². The first-order valence-corrected chi connectivity index (χ1v) is 9.76. The molecule has 0 saturated carbocycles. The molecule has 0 fully saturated rings. The number of nitrogens with zero attached hydrogens (tertiary/aromatic N) is 2. The summed E-state index contributed by atoms with van der Waals surface area (Å²) in [6.07, 6.45) is 1.91. The molecule has 3 aromatic carbocycles. The maximum atomic E-state index is 13.2. The number of ether oxygens (including phenoxy) is 1. The fraction of sp³-hybridized carbons (Fsp3) is 0.167. The number of rotatable bonds is 3. The minimum Gasteiger partial charge on any atom is -0.497 e. The Morgan fingerprint density at radius 2 is 1.90 bits per heavy atom. The lowest BCUT2D eigenvalue weighted by Gasteiger charge is -2.29. The van der Waals surface area contributed by atoms with E-state index in [1.165, 1.54) is 10.9 Å². The molecule has 5 heteroatoms. The normalized spacial score (nSPS) is 13.3. The second-order valence-corrected chi connectivity index (χ2v) is 7.28. The van der Waals surface area contributed by atoms with Gasteiger partial charge < -0.3 is 9.64 Å². The van der Waals surface area contributed by atoms with E-state index in [0.29, 0.717) is 12.2 Å². The summed E-state index contributed by atoms with van der Waals surface area (Å²) in [5, 5.41) is 9.67. The Morgan fingerprint density at radius 1 is 1.03 bits per heavy atom. The zero-order chi connectivity index (χ0) is 19.8. The molecule has 0 saturated heterocycles. The van der Waals surface area contributed by atoms with Crippen LogP contribution in [0.15, 0.2) is 66.7 Å². The van der Waals surface area contributed by atoms with Gasteiger partial charge in [0.2, 0.25) is 0 Å². The van der Waals surface area contributed by atoms with Crippen molar-refractivity contribution in [3.05, 3.63) is 78.0 Å². The molecule has 1 aliphatic rings. The summed E-state index contributed by atoms with van der Waals surface area (Å²) in [7, 11) is 1.64. The van der Waals surface area contributed by atoms with Crippen LogP contribution in [0.4, 0.5) is 5.69 Å². The van der Waals surface area contributed by atoms with Crippen LogP contribution in [0.5, 0.6) is 5.75 Å². The smallest absolute Gasteiger partial charge is 0.276 e. The lowest BCUT2D eigenvalue weighted by molar-refractivity contribution is 0.0980. The first kappa shape index (κ1) is 17.5. The molecule has 4 aromatic rings. The molecule has 0 unspecified atom stereocenters. The number of carbonyl (C=O) groups is 1. The first-order valence-electron chi connectivity index (χ1n) is 9.76. The number of hydrogen-bond donors (Lipinski definition) is 1. The van der Waals surface area contributed by atoms with Crippen molar-refractivity contribution in [1.29, 1.82) is 0 Å². The molecule has 0 radical (unpaired) electrons. The highest BCUT2D eigenvalue weighted by Gasteiger charge is 2.25. The maximum absolute atomic E-state index is 13.2. The maximum Gasteiger partial charge on any atom is 0.276 e. The summed E-state index contributed by atoms with van der Waals surface area (Å²) >= 11 is 0. The van der Waals surface area contributed by atoms with Crippen molar-refractivity contribution >= 4 is 22.4 Å². The molecule has 2 heterocycles. The van der Waals surface area contributed by atoms with Gasteiger partial charge in [0.05, 0.1) is 18.5 Å². The molecular weight excluding hydrogens is 362 g/mol. The van der Waals surface area contributed by atoms with Gasteiger partial charge in [-0.1, -0.05) is 42.5 Å². The van der Waals surface area contributed by atoms with Gasteiger partial charge >= 0.3 is 0 Å². The van der Waals surface area contributed by atoms with Crippen LogP contribution in [0.3, 0.4) is 0 Å². The summed E-state index contributed by atoms with van der Waals surface area (Å²) in [4.78, 5) is 15.1. The van der Waals surface area contributed by atoms with Gasteiger partial charge in [0.25, 0.3) is 5.91 Å². The summed E-state index contributed by atoms with van der Waals surface area (Å²) < 4.78 is 5.35. The van der Waals surface area contributed by atoms with Crippen LogP contribution in [0.25, 0.3) is 22.0 Å². The van der Waals surface area contributed by atoms with Crippen LogP contribution in [0, 0.1) is 0 Å². The molecule has 0 spiro atoms. The number of anilines is 1. The van der Waals surface area contributed by atoms with Crippen molar-refractivity contribution in [3.63, 3.8) is 0 Å². The van der Waals surface area contributed by atoms with Gasteiger partial charge in [-0.2, -0.15) is 5.10 Å². The lowest BCUT2D eigenvalue weighted by Crippen LogP contribution is -2.35. The van der Waals surface area contributed by atoms with E-state index >= 15 is 0 Å². The second-order valence-electron chi connectivity index (χ2n) is 7.28. The number of aromatic nitrogens is 2. The molecule has 0 bridgehead atoms. The molecule has 1 N–H and O–H groups in total. The number of benzene rings is 3. The largest absolute Gasteiger partial charge is 0.497 e. The van der Waals surface area contributed by atoms with Crippen molar-refractivity contribution in [3.8, 4) is 17.0 Å². The van der Waals surface area contributed by atoms with Crippen LogP contribution in [0.1, 0.15) is 22.5 Å².